The molecule has 0 N–H and O–H groups in total. The van der Waals surface area contributed by atoms with Crippen LogP contribution in [0.3, 0.4) is 0 Å². The molecule has 8 aromatic carbocycles. The third-order valence-electron chi connectivity index (χ3n) is 8.93. The number of hydrogen-bond donors (Lipinski definition) is 0. The van der Waals surface area contributed by atoms with Gasteiger partial charge in [0.15, 0.2) is 17.5 Å². The van der Waals surface area contributed by atoms with Crippen LogP contribution in [0.1, 0.15) is 39.8 Å². The van der Waals surface area contributed by atoms with Gasteiger partial charge in [-0.15, -0.1) is 0 Å². The van der Waals surface area contributed by atoms with Crippen LogP contribution < -0.4 is 0 Å². The van der Waals surface area contributed by atoms with Crippen molar-refractivity contribution in [1.82, 2.24) is 15.0 Å². The fraction of sp³-hybridized carbons (Fsp3) is 0. The third-order valence-corrected chi connectivity index (χ3v) is 8.93. The fourth-order valence-electron chi connectivity index (χ4n) is 6.51. The van der Waals surface area contributed by atoms with Gasteiger partial charge in [0.05, 0.1) is 45.3 Å². The molecule has 0 aliphatic carbocycles. The predicted molar refractivity (Wildman–Crippen MR) is 229 cm³/mol. The van der Waals surface area contributed by atoms with Crippen LogP contribution in [-0.4, -0.2) is 15.0 Å². The molecule has 0 spiro atoms. The number of nitrogens with zero attached hydrogens (tertiary/aromatic N) is 3. The van der Waals surface area contributed by atoms with E-state index >= 15 is 0 Å². The Morgan fingerprint density at radius 3 is 1.49 bits per heavy atom. The minimum Gasteiger partial charge on any atom is -0.456 e. The van der Waals surface area contributed by atoms with E-state index in [2.05, 4.69) is 15.0 Å². The van der Waals surface area contributed by atoms with Crippen molar-refractivity contribution in [2.24, 2.45) is 0 Å². The summed E-state index contributed by atoms with van der Waals surface area (Å²) in [5, 5.41) is -3.26. The van der Waals surface area contributed by atoms with E-state index in [1.54, 1.807) is 0 Å². The molecule has 57 heavy (non-hydrogen) atoms. The Morgan fingerprint density at radius 2 is 0.807 bits per heavy atom. The molecular weight excluding hydrogens is 703 g/mol. The van der Waals surface area contributed by atoms with Crippen LogP contribution in [0.15, 0.2) is 188 Å². The third kappa shape index (κ3) is 4.94. The van der Waals surface area contributed by atoms with Gasteiger partial charge in [0.2, 0.25) is 0 Å². The molecule has 0 atom stereocenters. The van der Waals surface area contributed by atoms with Gasteiger partial charge in [-0.05, 0) is 41.3 Å². The number of furan rings is 3. The van der Waals surface area contributed by atoms with Crippen molar-refractivity contribution in [3.63, 3.8) is 0 Å². The summed E-state index contributed by atoms with van der Waals surface area (Å²) in [7, 11) is 0. The zero-order valence-electron chi connectivity index (χ0n) is 57.1. The molecule has 12 rings (SSSR count). The molecule has 0 radical (unpaired) electrons. The van der Waals surface area contributed by atoms with Crippen LogP contribution in [-0.2, 0) is 0 Å². The number of benzene rings is 8. The first kappa shape index (κ1) is 14.3. The largest absolute Gasteiger partial charge is 0.456 e. The minimum atomic E-state index is -1.01. The normalized spacial score (nSPS) is 19.0. The molecule has 0 fully saturated rings. The van der Waals surface area contributed by atoms with Gasteiger partial charge in [-0.3, -0.25) is 0 Å². The second kappa shape index (κ2) is 12.3. The van der Waals surface area contributed by atoms with Crippen molar-refractivity contribution < 1.29 is 53.0 Å². The number of hydrogen-bond acceptors (Lipinski definition) is 6. The van der Waals surface area contributed by atoms with Gasteiger partial charge in [0.1, 0.15) is 33.5 Å². The second-order valence-corrected chi connectivity index (χ2v) is 12.1. The van der Waals surface area contributed by atoms with Gasteiger partial charge < -0.3 is 13.3 Å². The van der Waals surface area contributed by atoms with Crippen LogP contribution >= 0.6 is 0 Å². The topological polar surface area (TPSA) is 78.1 Å². The molecule has 0 bridgehead atoms. The Labute approximate surface area is 366 Å². The Bertz CT molecular complexity index is 5100. The molecule has 0 saturated heterocycles. The molecule has 0 unspecified atom stereocenters. The van der Waals surface area contributed by atoms with E-state index in [0.717, 1.165) is 0 Å². The summed E-state index contributed by atoms with van der Waals surface area (Å²) in [4.78, 5) is 13.0. The summed E-state index contributed by atoms with van der Waals surface area (Å²) < 4.78 is 277. The van der Waals surface area contributed by atoms with E-state index in [1.807, 2.05) is 0 Å². The summed E-state index contributed by atoms with van der Waals surface area (Å²) >= 11 is 0. The first-order chi connectivity index (χ1) is 40.3. The maximum Gasteiger partial charge on any atom is 0.167 e. The molecule has 4 heterocycles. The maximum atomic E-state index is 10.2. The zero-order chi connectivity index (χ0) is 62.7. The van der Waals surface area contributed by atoms with Crippen molar-refractivity contribution in [3.8, 4) is 56.4 Å². The van der Waals surface area contributed by atoms with Crippen molar-refractivity contribution in [1.29, 1.82) is 0 Å². The van der Waals surface area contributed by atoms with E-state index in [-0.39, 0.29) is 0 Å². The second-order valence-electron chi connectivity index (χ2n) is 12.1. The molecule has 12 aromatic rings. The Balaban J connectivity index is 1.29. The minimum absolute atomic E-state index is 0.427. The quantitative estimate of drug-likeness (QED) is 0.174. The first-order valence-electron chi connectivity index (χ1n) is 31.1. The first-order valence-corrected chi connectivity index (χ1v) is 16.6. The lowest BCUT2D eigenvalue weighted by atomic mass is 9.93. The van der Waals surface area contributed by atoms with Gasteiger partial charge in [-0.1, -0.05) is 145 Å². The van der Waals surface area contributed by atoms with Crippen LogP contribution in [0.25, 0.3) is 122 Å². The molecular formula is C51H29N3O3. The van der Waals surface area contributed by atoms with Gasteiger partial charge in [0.25, 0.3) is 0 Å². The van der Waals surface area contributed by atoms with Crippen molar-refractivity contribution in [2.75, 3.05) is 0 Å². The van der Waals surface area contributed by atoms with E-state index in [4.69, 9.17) is 40.7 Å². The summed E-state index contributed by atoms with van der Waals surface area (Å²) in [6, 6.07) is -25.8. The van der Waals surface area contributed by atoms with E-state index in [9.17, 15) is 12.3 Å². The smallest absolute Gasteiger partial charge is 0.167 e. The molecule has 6 nitrogen and oxygen atoms in total. The Morgan fingerprint density at radius 1 is 0.316 bits per heavy atom. The molecule has 0 saturated carbocycles. The monoisotopic (exact) mass is 760 g/mol. The highest BCUT2D eigenvalue weighted by Gasteiger charge is 2.23. The predicted octanol–water partition coefficient (Wildman–Crippen LogP) is 13.9. The molecule has 266 valence electrons. The van der Waals surface area contributed by atoms with Gasteiger partial charge in [-0.2, -0.15) is 0 Å². The molecule has 0 aliphatic heterocycles. The number of aromatic nitrogens is 3. The number of fused-ring (bicyclic) bond motifs is 9. The van der Waals surface area contributed by atoms with Crippen molar-refractivity contribution in [2.45, 2.75) is 0 Å². The van der Waals surface area contributed by atoms with E-state index in [1.165, 1.54) is 0 Å². The number of para-hydroxylation sites is 5. The van der Waals surface area contributed by atoms with E-state index in [0.29, 0.717) is 0 Å². The summed E-state index contributed by atoms with van der Waals surface area (Å²) in [6.45, 7) is 0. The van der Waals surface area contributed by atoms with Crippen LogP contribution in [0.4, 0.5) is 0 Å². The summed E-state index contributed by atoms with van der Waals surface area (Å²) in [5.41, 5.74) is -9.30. The SMILES string of the molecule is [2H]c1c([2H])c([2H])c(-c2nc(-c3c([2H])c([2H])c([2H])c([2H])c3[2H])nc(-c3c([2H])c([2H])c([2H])c4c3oc3c(-c5c([2H])c(-c6c([2H])c([2H])c([2H])c7c6oc6c([2H])c([2H])c([2H])c([2H])c67)c([2H])c6oc7c([2H])c([2H])c([2H])c([2H])c7c56)c([2H])c([2H])c([2H])c34)n2)c([2H])c1[2H]. The highest BCUT2D eigenvalue weighted by molar-refractivity contribution is 6.19. The standard InChI is InChI=1S/C51H29N3O3/c1-3-14-30(15-4-1)49-52-50(31-16-5-2-6-17-31)54-51(53-49)40-25-13-23-37-36-22-12-24-38(47(36)57-48(37)40)41-28-32(29-44-45(41)39-19-8-10-27-43(39)55-44)33-20-11-21-35-34-18-7-9-26-42(34)56-46(33)35/h1-29H/i1D,2D,3D,4D,5D,6D,7D,8D,9D,10D,11D,12D,13D,14D,15D,16D,17D,18D,19D,20D,21D,22D,23D,24D,25D,26D,27D,28D,29D. The Kier molecular flexibility index (Phi) is 3.11. The summed E-state index contributed by atoms with van der Waals surface area (Å²) in [6.07, 6.45) is 0. The molecule has 4 aromatic heterocycles. The number of rotatable bonds is 5. The Hall–Kier alpha value is -7.83. The average Bonchev–Trinajstić information content (AvgIpc) is 1.53. The lowest BCUT2D eigenvalue weighted by Crippen LogP contribution is -2.00. The van der Waals surface area contributed by atoms with Gasteiger partial charge in [0, 0.05) is 54.6 Å². The lowest BCUT2D eigenvalue weighted by molar-refractivity contribution is 0.668. The van der Waals surface area contributed by atoms with Crippen LogP contribution in [0.5, 0.6) is 0 Å². The lowest BCUT2D eigenvalue weighted by Gasteiger charge is -2.10. The highest BCUT2D eigenvalue weighted by Crippen LogP contribution is 2.46. The van der Waals surface area contributed by atoms with E-state index < -0.39 is 297 Å². The molecule has 0 amide bonds. The van der Waals surface area contributed by atoms with Crippen molar-refractivity contribution >= 4 is 65.8 Å². The van der Waals surface area contributed by atoms with Crippen LogP contribution in [0.2, 0.25) is 0 Å². The molecule has 0 aliphatic rings. The highest BCUT2D eigenvalue weighted by atomic mass is 16.3. The van der Waals surface area contributed by atoms with Gasteiger partial charge in [-0.25, -0.2) is 15.0 Å². The van der Waals surface area contributed by atoms with Gasteiger partial charge >= 0.3 is 0 Å². The van der Waals surface area contributed by atoms with Crippen molar-refractivity contribution in [3.05, 3.63) is 175 Å². The maximum absolute atomic E-state index is 10.2. The summed E-state index contributed by atoms with van der Waals surface area (Å²) in [5.74, 6) is -2.52. The van der Waals surface area contributed by atoms with Crippen LogP contribution in [0, 0.1) is 0 Å². The fourth-order valence-corrected chi connectivity index (χ4v) is 6.51. The zero-order valence-corrected chi connectivity index (χ0v) is 28.1. The molecule has 6 heteroatoms. The average molecular weight is 761 g/mol.